The molecule has 0 bridgehead atoms. The number of benzene rings is 2. The molecular formula is C21H17ClN4O. The second-order valence-corrected chi connectivity index (χ2v) is 7.07. The van der Waals surface area contributed by atoms with Crippen molar-refractivity contribution in [1.29, 1.82) is 0 Å². The van der Waals surface area contributed by atoms with Gasteiger partial charge in [-0.15, -0.1) is 0 Å². The third-order valence-electron chi connectivity index (χ3n) is 4.92. The summed E-state index contributed by atoms with van der Waals surface area (Å²) >= 11 is 6.01. The van der Waals surface area contributed by atoms with Gasteiger partial charge in [0, 0.05) is 22.8 Å². The van der Waals surface area contributed by atoms with E-state index < -0.39 is 0 Å². The van der Waals surface area contributed by atoms with Crippen LogP contribution in [0.3, 0.4) is 0 Å². The molecule has 4 aromatic rings. The number of halogens is 1. The van der Waals surface area contributed by atoms with Crippen LogP contribution in [0.1, 0.15) is 12.8 Å². The van der Waals surface area contributed by atoms with Crippen molar-refractivity contribution < 1.29 is 0 Å². The fraction of sp³-hybridized carbons (Fsp3) is 0.143. The molecule has 1 aliphatic heterocycles. The Morgan fingerprint density at radius 3 is 2.52 bits per heavy atom. The maximum Gasteiger partial charge on any atom is 0.283 e. The predicted octanol–water partition coefficient (Wildman–Crippen LogP) is 3.02. The highest BCUT2D eigenvalue weighted by Gasteiger charge is 2.19. The third kappa shape index (κ3) is 2.62. The lowest BCUT2D eigenvalue weighted by molar-refractivity contribution is 0.778. The summed E-state index contributed by atoms with van der Waals surface area (Å²) in [5.74, 6) is 0. The third-order valence-corrected chi connectivity index (χ3v) is 5.17. The fourth-order valence-corrected chi connectivity index (χ4v) is 3.76. The molecule has 27 heavy (non-hydrogen) atoms. The molecule has 5 rings (SSSR count). The monoisotopic (exact) mass is 376 g/mol. The lowest BCUT2D eigenvalue weighted by atomic mass is 10.2. The molecule has 1 saturated heterocycles. The molecule has 0 aliphatic carbocycles. The van der Waals surface area contributed by atoms with Gasteiger partial charge in [0.25, 0.3) is 5.56 Å². The van der Waals surface area contributed by atoms with E-state index in [1.165, 1.54) is 0 Å². The molecule has 0 unspecified atom stereocenters. The van der Waals surface area contributed by atoms with Gasteiger partial charge in [-0.25, -0.2) is 14.2 Å². The minimum atomic E-state index is -0.0456. The van der Waals surface area contributed by atoms with Gasteiger partial charge in [0.1, 0.15) is 5.22 Å². The van der Waals surface area contributed by atoms with Crippen molar-refractivity contribution in [3.05, 3.63) is 81.4 Å². The van der Waals surface area contributed by atoms with Gasteiger partial charge in [0.05, 0.1) is 17.6 Å². The summed E-state index contributed by atoms with van der Waals surface area (Å²) in [5, 5.41) is 4.71. The lowest BCUT2D eigenvalue weighted by Crippen LogP contribution is -2.32. The summed E-state index contributed by atoms with van der Waals surface area (Å²) in [5.41, 5.74) is 4.20. The van der Waals surface area contributed by atoms with Crippen molar-refractivity contribution >= 4 is 22.9 Å². The number of aromatic nitrogens is 3. The predicted molar refractivity (Wildman–Crippen MR) is 107 cm³/mol. The average molecular weight is 377 g/mol. The van der Waals surface area contributed by atoms with Gasteiger partial charge in [0.15, 0.2) is 5.65 Å². The minimum absolute atomic E-state index is 0.0456. The molecule has 6 heteroatoms. The van der Waals surface area contributed by atoms with Gasteiger partial charge in [-0.3, -0.25) is 4.79 Å². The molecule has 2 aromatic heterocycles. The Kier molecular flexibility index (Phi) is 3.76. The van der Waals surface area contributed by atoms with E-state index in [1.807, 2.05) is 65.3 Å². The second-order valence-electron chi connectivity index (χ2n) is 6.64. The zero-order valence-electron chi connectivity index (χ0n) is 14.5. The number of nitrogens with one attached hydrogen (secondary N) is 1. The van der Waals surface area contributed by atoms with Gasteiger partial charge in [-0.1, -0.05) is 41.9 Å². The Bertz CT molecular complexity index is 1230. The summed E-state index contributed by atoms with van der Waals surface area (Å²) < 4.78 is 3.54. The number of para-hydroxylation sites is 1. The fourth-order valence-electron chi connectivity index (χ4n) is 3.63. The van der Waals surface area contributed by atoms with E-state index in [4.69, 9.17) is 16.6 Å². The summed E-state index contributed by atoms with van der Waals surface area (Å²) in [7, 11) is 0. The zero-order valence-corrected chi connectivity index (χ0v) is 15.3. The Morgan fingerprint density at radius 1 is 1.04 bits per heavy atom. The molecule has 1 aliphatic rings. The molecular weight excluding hydrogens is 360 g/mol. The van der Waals surface area contributed by atoms with Crippen LogP contribution in [0.15, 0.2) is 65.6 Å². The first-order chi connectivity index (χ1) is 13.2. The lowest BCUT2D eigenvalue weighted by Gasteiger charge is -2.03. The van der Waals surface area contributed by atoms with Gasteiger partial charge in [0.2, 0.25) is 0 Å². The van der Waals surface area contributed by atoms with Gasteiger partial charge < -0.3 is 5.32 Å². The summed E-state index contributed by atoms with van der Waals surface area (Å²) in [6, 6.07) is 17.2. The number of hydrogen-bond donors (Lipinski definition) is 1. The molecule has 0 saturated carbocycles. The largest absolute Gasteiger partial charge is 0.388 e. The van der Waals surface area contributed by atoms with Gasteiger partial charge in [-0.05, 0) is 37.1 Å². The number of imidazole rings is 1. The van der Waals surface area contributed by atoms with Crippen LogP contribution in [0.2, 0.25) is 5.02 Å². The molecule has 134 valence electrons. The van der Waals surface area contributed by atoms with Crippen LogP contribution >= 0.6 is 11.6 Å². The molecule has 0 amide bonds. The van der Waals surface area contributed by atoms with Crippen molar-refractivity contribution in [3.63, 3.8) is 0 Å². The van der Waals surface area contributed by atoms with Crippen LogP contribution in [0, 0.1) is 0 Å². The first-order valence-corrected chi connectivity index (χ1v) is 9.33. The molecule has 1 fully saturated rings. The number of nitrogens with zero attached hydrogens (tertiary/aromatic N) is 3. The Morgan fingerprint density at radius 2 is 1.81 bits per heavy atom. The van der Waals surface area contributed by atoms with Crippen molar-refractivity contribution in [2.75, 3.05) is 6.54 Å². The van der Waals surface area contributed by atoms with E-state index in [2.05, 4.69) is 5.32 Å². The van der Waals surface area contributed by atoms with Gasteiger partial charge in [-0.2, -0.15) is 0 Å². The molecule has 0 radical (unpaired) electrons. The van der Waals surface area contributed by atoms with Crippen LogP contribution in [0.25, 0.3) is 28.3 Å². The van der Waals surface area contributed by atoms with E-state index in [0.717, 1.165) is 42.0 Å². The van der Waals surface area contributed by atoms with Crippen molar-refractivity contribution in [2.24, 2.45) is 0 Å². The van der Waals surface area contributed by atoms with Crippen LogP contribution < -0.4 is 16.1 Å². The Balaban J connectivity index is 1.84. The van der Waals surface area contributed by atoms with E-state index in [0.29, 0.717) is 15.9 Å². The summed E-state index contributed by atoms with van der Waals surface area (Å²) in [6.45, 7) is 0.891. The Hall–Kier alpha value is -3.05. The second kappa shape index (κ2) is 6.28. The summed E-state index contributed by atoms with van der Waals surface area (Å²) in [6.07, 6.45) is 3.81. The quantitative estimate of drug-likeness (QED) is 0.585. The molecule has 1 N–H and O–H groups in total. The van der Waals surface area contributed by atoms with Crippen LogP contribution in [-0.2, 0) is 0 Å². The first-order valence-electron chi connectivity index (χ1n) is 8.95. The number of hydrogen-bond acceptors (Lipinski definition) is 3. The minimum Gasteiger partial charge on any atom is -0.388 e. The maximum absolute atomic E-state index is 13.3. The van der Waals surface area contributed by atoms with Crippen LogP contribution in [0.4, 0.5) is 0 Å². The molecule has 3 heterocycles. The maximum atomic E-state index is 13.3. The van der Waals surface area contributed by atoms with E-state index in [9.17, 15) is 4.79 Å². The van der Waals surface area contributed by atoms with E-state index in [-0.39, 0.29) is 5.56 Å². The average Bonchev–Trinajstić information content (AvgIpc) is 3.39. The van der Waals surface area contributed by atoms with Crippen LogP contribution in [-0.4, -0.2) is 20.7 Å². The first kappa shape index (κ1) is 16.1. The van der Waals surface area contributed by atoms with E-state index >= 15 is 0 Å². The highest BCUT2D eigenvalue weighted by Crippen LogP contribution is 2.21. The normalized spacial score (nSPS) is 16.0. The summed E-state index contributed by atoms with van der Waals surface area (Å²) in [4.78, 5) is 18.1. The Labute approximate surface area is 160 Å². The topological polar surface area (TPSA) is 51.3 Å². The van der Waals surface area contributed by atoms with Gasteiger partial charge >= 0.3 is 0 Å². The standard InChI is InChI=1S/C21H17ClN4O/c22-15-10-8-14(9-11-15)18-13-25-20(24-18)19(17-7-4-12-23-17)21(27)26(25)16-5-2-1-3-6-16/h1-3,5-6,8-11,13,23H,4,7,12H2/b19-17+. The highest BCUT2D eigenvalue weighted by atomic mass is 35.5. The molecule has 0 spiro atoms. The molecule has 0 atom stereocenters. The van der Waals surface area contributed by atoms with Crippen LogP contribution in [0.5, 0.6) is 0 Å². The van der Waals surface area contributed by atoms with E-state index in [1.54, 1.807) is 4.68 Å². The zero-order chi connectivity index (χ0) is 18.4. The van der Waals surface area contributed by atoms with Crippen molar-refractivity contribution in [2.45, 2.75) is 12.8 Å². The molecule has 2 aromatic carbocycles. The number of rotatable bonds is 2. The van der Waals surface area contributed by atoms with Crippen molar-refractivity contribution in [1.82, 2.24) is 19.5 Å². The number of fused-ring (bicyclic) bond motifs is 1. The highest BCUT2D eigenvalue weighted by molar-refractivity contribution is 6.30. The van der Waals surface area contributed by atoms with Crippen molar-refractivity contribution in [3.8, 4) is 16.9 Å². The SMILES string of the molecule is O=c1/c(=C2\CCCN2)c2nc(-c3ccc(Cl)cc3)cn2n1-c1ccccc1. The molecule has 5 nitrogen and oxygen atoms in total. The smallest absolute Gasteiger partial charge is 0.283 e.